The zero-order valence-corrected chi connectivity index (χ0v) is 22.3. The molecule has 36 heavy (non-hydrogen) atoms. The molecule has 1 unspecified atom stereocenters. The third-order valence-corrected chi connectivity index (χ3v) is 7.27. The average molecular weight is 493 g/mol. The van der Waals surface area contributed by atoms with Gasteiger partial charge in [0, 0.05) is 30.8 Å². The van der Waals surface area contributed by atoms with E-state index in [2.05, 4.69) is 46.5 Å². The van der Waals surface area contributed by atoms with Crippen molar-refractivity contribution >= 4 is 17.6 Å². The van der Waals surface area contributed by atoms with E-state index in [4.69, 9.17) is 0 Å². The second-order valence-corrected chi connectivity index (χ2v) is 11.7. The summed E-state index contributed by atoms with van der Waals surface area (Å²) >= 11 is 0. The number of fused-ring (bicyclic) bond motifs is 1. The number of nitrogens with zero attached hydrogens (tertiary/aromatic N) is 1. The molecule has 2 aliphatic rings. The predicted molar refractivity (Wildman–Crippen MR) is 141 cm³/mol. The van der Waals surface area contributed by atoms with E-state index in [-0.39, 0.29) is 23.0 Å². The van der Waals surface area contributed by atoms with Crippen molar-refractivity contribution < 1.29 is 14.4 Å². The van der Waals surface area contributed by atoms with Crippen LogP contribution in [-0.2, 0) is 24.3 Å². The Labute approximate surface area is 214 Å². The first-order valence-corrected chi connectivity index (χ1v) is 13.1. The summed E-state index contributed by atoms with van der Waals surface area (Å²) in [4.78, 5) is 44.6. The lowest BCUT2D eigenvalue weighted by molar-refractivity contribution is -0.123. The van der Waals surface area contributed by atoms with Gasteiger partial charge in [-0.3, -0.25) is 14.4 Å². The zero-order valence-electron chi connectivity index (χ0n) is 22.3. The number of Topliss-reactive ketones (excluding diaryl/α,β-unsaturated/α-hetero) is 1. The molecule has 2 aliphatic carbocycles. The van der Waals surface area contributed by atoms with Crippen molar-refractivity contribution in [2.24, 2.45) is 11.3 Å². The largest absolute Gasteiger partial charge is 0.354 e. The molecule has 1 heterocycles. The van der Waals surface area contributed by atoms with Crippen molar-refractivity contribution in [1.29, 1.82) is 0 Å². The molecule has 7 nitrogen and oxygen atoms in total. The highest BCUT2D eigenvalue weighted by molar-refractivity contribution is 6.05. The number of carbonyl (C=O) groups excluding carboxylic acids is 3. The van der Waals surface area contributed by atoms with Crippen LogP contribution in [0.25, 0.3) is 0 Å². The van der Waals surface area contributed by atoms with Gasteiger partial charge in [0.25, 0.3) is 5.91 Å². The molecule has 2 amide bonds. The molecule has 1 aromatic carbocycles. The first-order chi connectivity index (χ1) is 17.0. The fourth-order valence-electron chi connectivity index (χ4n) is 5.28. The molecular formula is C29H40N4O3. The summed E-state index contributed by atoms with van der Waals surface area (Å²) < 4.78 is 0. The Morgan fingerprint density at radius 3 is 2.58 bits per heavy atom. The Bertz CT molecular complexity index is 1140. The van der Waals surface area contributed by atoms with Gasteiger partial charge in [0.1, 0.15) is 11.7 Å². The number of rotatable bonds is 10. The molecule has 1 atom stereocenters. The fourth-order valence-corrected chi connectivity index (χ4v) is 5.28. The first kappa shape index (κ1) is 26.1. The number of H-pyrrole nitrogens is 1. The molecule has 1 fully saturated rings. The van der Waals surface area contributed by atoms with Crippen molar-refractivity contribution in [3.63, 3.8) is 0 Å². The first-order valence-electron chi connectivity index (χ1n) is 13.1. The molecular weight excluding hydrogens is 452 g/mol. The second-order valence-electron chi connectivity index (χ2n) is 11.7. The number of hydrogen-bond donors (Lipinski definition) is 3. The van der Waals surface area contributed by atoms with Gasteiger partial charge < -0.3 is 20.5 Å². The Balaban J connectivity index is 1.45. The number of carbonyl (C=O) groups is 3. The van der Waals surface area contributed by atoms with Crippen molar-refractivity contribution in [3.05, 3.63) is 57.9 Å². The van der Waals surface area contributed by atoms with Crippen LogP contribution in [0.1, 0.15) is 89.2 Å². The molecule has 2 aromatic rings. The van der Waals surface area contributed by atoms with Gasteiger partial charge in [0.15, 0.2) is 5.78 Å². The number of nitrogens with one attached hydrogen (secondary N) is 3. The smallest absolute Gasteiger partial charge is 0.268 e. The number of benzene rings is 1. The van der Waals surface area contributed by atoms with Gasteiger partial charge in [-0.2, -0.15) is 0 Å². The average Bonchev–Trinajstić information content (AvgIpc) is 3.55. The topological polar surface area (TPSA) is 94.3 Å². The second kappa shape index (κ2) is 10.6. The van der Waals surface area contributed by atoms with Gasteiger partial charge in [0.05, 0.1) is 0 Å². The van der Waals surface area contributed by atoms with Gasteiger partial charge in [-0.15, -0.1) is 0 Å². The van der Waals surface area contributed by atoms with Crippen LogP contribution in [0.4, 0.5) is 0 Å². The van der Waals surface area contributed by atoms with E-state index >= 15 is 0 Å². The lowest BCUT2D eigenvalue weighted by Gasteiger charge is -2.28. The number of aromatic nitrogens is 1. The molecule has 1 saturated carbocycles. The Morgan fingerprint density at radius 2 is 1.89 bits per heavy atom. The van der Waals surface area contributed by atoms with Gasteiger partial charge in [-0.25, -0.2) is 0 Å². The van der Waals surface area contributed by atoms with Crippen LogP contribution in [0, 0.1) is 18.3 Å². The van der Waals surface area contributed by atoms with Crippen molar-refractivity contribution in [2.45, 2.75) is 78.4 Å². The molecule has 0 saturated heterocycles. The van der Waals surface area contributed by atoms with E-state index in [0.29, 0.717) is 42.1 Å². The highest BCUT2D eigenvalue weighted by Crippen LogP contribution is 2.37. The van der Waals surface area contributed by atoms with E-state index in [1.54, 1.807) is 0 Å². The molecule has 3 N–H and O–H groups in total. The number of aromatic amines is 1. The summed E-state index contributed by atoms with van der Waals surface area (Å²) in [5, 5.41) is 6.01. The van der Waals surface area contributed by atoms with E-state index in [1.807, 2.05) is 33.2 Å². The molecule has 0 bridgehead atoms. The van der Waals surface area contributed by atoms with Crippen LogP contribution >= 0.6 is 0 Å². The normalized spacial score (nSPS) is 17.6. The third kappa shape index (κ3) is 6.44. The SMILES string of the molecule is Cc1c(C(=O)NC(CCC2CC2)C(=O)NCc2cccc(CN(C)C)c2)[nH]c2c1C(=O)CC(C)(C)C2. The van der Waals surface area contributed by atoms with Crippen LogP contribution < -0.4 is 10.6 Å². The number of hydrogen-bond acceptors (Lipinski definition) is 4. The highest BCUT2D eigenvalue weighted by atomic mass is 16.2. The van der Waals surface area contributed by atoms with Crippen LogP contribution in [0.3, 0.4) is 0 Å². The number of amides is 2. The van der Waals surface area contributed by atoms with Crippen LogP contribution in [-0.4, -0.2) is 47.6 Å². The molecule has 0 aliphatic heterocycles. The van der Waals surface area contributed by atoms with Crippen LogP contribution in [0.15, 0.2) is 24.3 Å². The molecule has 0 spiro atoms. The summed E-state index contributed by atoms with van der Waals surface area (Å²) in [5.74, 6) is 0.234. The molecule has 7 heteroatoms. The van der Waals surface area contributed by atoms with Crippen LogP contribution in [0.5, 0.6) is 0 Å². The monoisotopic (exact) mass is 492 g/mol. The van der Waals surface area contributed by atoms with E-state index < -0.39 is 6.04 Å². The maximum absolute atomic E-state index is 13.3. The van der Waals surface area contributed by atoms with Gasteiger partial charge in [-0.1, -0.05) is 51.0 Å². The summed E-state index contributed by atoms with van der Waals surface area (Å²) in [5.41, 5.74) is 4.64. The van der Waals surface area contributed by atoms with E-state index in [0.717, 1.165) is 30.6 Å². The number of ketones is 1. The van der Waals surface area contributed by atoms with E-state index in [1.165, 1.54) is 18.4 Å². The third-order valence-electron chi connectivity index (χ3n) is 7.27. The zero-order chi connectivity index (χ0) is 26.0. The van der Waals surface area contributed by atoms with Gasteiger partial charge in [-0.05, 0) is 68.3 Å². The highest BCUT2D eigenvalue weighted by Gasteiger charge is 2.36. The standard InChI is InChI=1S/C29H40N4O3/c1-18-25-23(14-29(2,3)15-24(25)34)31-26(18)28(36)32-22(12-11-19-9-10-19)27(35)30-16-20-7-6-8-21(13-20)17-33(4)5/h6-8,13,19,22,31H,9-12,14-17H2,1-5H3,(H,30,35)(H,32,36). The summed E-state index contributed by atoms with van der Waals surface area (Å²) in [6.07, 6.45) is 5.11. The van der Waals surface area contributed by atoms with Crippen LogP contribution in [0.2, 0.25) is 0 Å². The summed E-state index contributed by atoms with van der Waals surface area (Å²) in [6, 6.07) is 7.57. The lowest BCUT2D eigenvalue weighted by atomic mass is 9.75. The maximum Gasteiger partial charge on any atom is 0.268 e. The molecule has 4 rings (SSSR count). The minimum Gasteiger partial charge on any atom is -0.354 e. The van der Waals surface area contributed by atoms with Crippen molar-refractivity contribution in [2.75, 3.05) is 14.1 Å². The fraction of sp³-hybridized carbons (Fsp3) is 0.552. The van der Waals surface area contributed by atoms with Gasteiger partial charge >= 0.3 is 0 Å². The van der Waals surface area contributed by atoms with Crippen molar-refractivity contribution in [1.82, 2.24) is 20.5 Å². The molecule has 0 radical (unpaired) electrons. The molecule has 194 valence electrons. The van der Waals surface area contributed by atoms with Gasteiger partial charge in [0.2, 0.25) is 5.91 Å². The predicted octanol–water partition coefficient (Wildman–Crippen LogP) is 4.14. The van der Waals surface area contributed by atoms with Crippen molar-refractivity contribution in [3.8, 4) is 0 Å². The minimum atomic E-state index is -0.616. The Hall–Kier alpha value is -2.93. The maximum atomic E-state index is 13.3. The summed E-state index contributed by atoms with van der Waals surface area (Å²) in [7, 11) is 4.06. The Kier molecular flexibility index (Phi) is 7.69. The quantitative estimate of drug-likeness (QED) is 0.465. The van der Waals surface area contributed by atoms with E-state index in [9.17, 15) is 14.4 Å². The molecule has 1 aromatic heterocycles. The minimum absolute atomic E-state index is 0.0774. The summed E-state index contributed by atoms with van der Waals surface area (Å²) in [6.45, 7) is 7.20. The lowest BCUT2D eigenvalue weighted by Crippen LogP contribution is -2.46. The Morgan fingerprint density at radius 1 is 1.17 bits per heavy atom.